The van der Waals surface area contributed by atoms with Crippen LogP contribution in [0, 0.1) is 11.8 Å². The third kappa shape index (κ3) is 10.2. The Balaban J connectivity index is 0.981. The third-order valence-corrected chi connectivity index (χ3v) is 10.2. The van der Waals surface area contributed by atoms with Gasteiger partial charge in [0, 0.05) is 65.4 Å². The summed E-state index contributed by atoms with van der Waals surface area (Å²) >= 11 is 0. The van der Waals surface area contributed by atoms with E-state index in [2.05, 4.69) is 104 Å². The van der Waals surface area contributed by atoms with Crippen molar-refractivity contribution in [2.75, 3.05) is 65.4 Å². The van der Waals surface area contributed by atoms with Gasteiger partial charge in [0.1, 0.15) is 0 Å². The number of amides is 2. The average molecular weight is 637 g/mol. The van der Waals surface area contributed by atoms with E-state index in [1.165, 1.54) is 11.1 Å². The number of rotatable bonds is 8. The van der Waals surface area contributed by atoms with Crippen LogP contribution in [0.15, 0.2) is 78.9 Å². The highest BCUT2D eigenvalue weighted by atomic mass is 16.2. The summed E-state index contributed by atoms with van der Waals surface area (Å²) in [6.07, 6.45) is 6.47. The van der Waals surface area contributed by atoms with Crippen molar-refractivity contribution in [1.82, 2.24) is 29.9 Å². The fourth-order valence-corrected chi connectivity index (χ4v) is 7.44. The number of likely N-dealkylation sites (tertiary alicyclic amines) is 2. The lowest BCUT2D eigenvalue weighted by Gasteiger charge is -2.34. The highest BCUT2D eigenvalue weighted by molar-refractivity contribution is 5.78. The molecule has 8 heteroatoms. The first kappa shape index (κ1) is 33.3. The zero-order valence-corrected chi connectivity index (χ0v) is 27.9. The molecule has 3 aromatic rings. The van der Waals surface area contributed by atoms with Gasteiger partial charge in [-0.1, -0.05) is 66.7 Å². The number of fused-ring (bicyclic) bond motifs is 2. The number of hydrogen-bond donors (Lipinski definition) is 1. The number of aromatic nitrogens is 1. The fourth-order valence-electron chi connectivity index (χ4n) is 7.44. The number of piperidine rings is 2. The Labute approximate surface area is 281 Å². The van der Waals surface area contributed by atoms with Gasteiger partial charge in [0.15, 0.2) is 0 Å². The highest BCUT2D eigenvalue weighted by Crippen LogP contribution is 2.23. The van der Waals surface area contributed by atoms with Crippen LogP contribution < -0.4 is 5.32 Å². The van der Waals surface area contributed by atoms with Crippen LogP contribution in [-0.2, 0) is 35.5 Å². The maximum absolute atomic E-state index is 13.4. The maximum Gasteiger partial charge on any atom is 0.236 e. The number of carbonyl (C=O) groups excluding carboxylic acids is 2. The van der Waals surface area contributed by atoms with E-state index in [1.807, 2.05) is 0 Å². The monoisotopic (exact) mass is 636 g/mol. The van der Waals surface area contributed by atoms with Crippen LogP contribution in [0.2, 0.25) is 0 Å². The summed E-state index contributed by atoms with van der Waals surface area (Å²) in [5.41, 5.74) is 4.74. The molecular formula is C39H52N6O2. The number of hydrogen-bond acceptors (Lipinski definition) is 6. The molecule has 2 aromatic carbocycles. The van der Waals surface area contributed by atoms with Crippen molar-refractivity contribution in [2.24, 2.45) is 11.8 Å². The topological polar surface area (TPSA) is 72.0 Å². The van der Waals surface area contributed by atoms with Gasteiger partial charge in [-0.15, -0.1) is 0 Å². The molecule has 3 aliphatic heterocycles. The predicted molar refractivity (Wildman–Crippen MR) is 187 cm³/mol. The van der Waals surface area contributed by atoms with Crippen LogP contribution in [0.25, 0.3) is 0 Å². The van der Waals surface area contributed by atoms with Crippen molar-refractivity contribution in [3.63, 3.8) is 0 Å². The zero-order chi connectivity index (χ0) is 32.3. The summed E-state index contributed by atoms with van der Waals surface area (Å²) in [6, 6.07) is 27.6. The van der Waals surface area contributed by atoms with Gasteiger partial charge in [-0.25, -0.2) is 0 Å². The van der Waals surface area contributed by atoms with Crippen LogP contribution in [0.5, 0.6) is 0 Å². The van der Waals surface area contributed by atoms with Gasteiger partial charge < -0.3 is 15.1 Å². The normalized spacial score (nSPS) is 19.6. The molecule has 0 spiro atoms. The van der Waals surface area contributed by atoms with Crippen molar-refractivity contribution in [1.29, 1.82) is 0 Å². The minimum Gasteiger partial charge on any atom is -0.342 e. The van der Waals surface area contributed by atoms with E-state index in [9.17, 15) is 9.59 Å². The Morgan fingerprint density at radius 3 is 1.43 bits per heavy atom. The van der Waals surface area contributed by atoms with E-state index >= 15 is 0 Å². The second-order valence-corrected chi connectivity index (χ2v) is 13.8. The third-order valence-electron chi connectivity index (χ3n) is 10.2. The van der Waals surface area contributed by atoms with E-state index in [0.29, 0.717) is 38.0 Å². The van der Waals surface area contributed by atoms with E-state index < -0.39 is 0 Å². The Kier molecular flexibility index (Phi) is 12.0. The Morgan fingerprint density at radius 2 is 1.00 bits per heavy atom. The molecule has 2 bridgehead atoms. The lowest BCUT2D eigenvalue weighted by atomic mass is 9.90. The van der Waals surface area contributed by atoms with Crippen LogP contribution >= 0.6 is 0 Å². The average Bonchev–Trinajstić information content (AvgIpc) is 3.09. The molecule has 1 aromatic heterocycles. The second-order valence-electron chi connectivity index (χ2n) is 13.8. The standard InChI is InChI=1S/C39H52N6O2/c46-38(44-20-14-34(15-21-44)26-32-8-3-1-4-9-32)30-42-24-18-40-19-25-43(29-37-13-7-12-36(28-42)41-37)31-39(47)45-22-16-35(17-23-45)27-33-10-5-2-6-11-33/h1-13,34-35,40H,14-31H2. The smallest absolute Gasteiger partial charge is 0.236 e. The molecule has 47 heavy (non-hydrogen) atoms. The van der Waals surface area contributed by atoms with Crippen LogP contribution in [0.1, 0.15) is 48.2 Å². The number of nitrogens with one attached hydrogen (secondary N) is 1. The first-order valence-corrected chi connectivity index (χ1v) is 17.8. The van der Waals surface area contributed by atoms with Gasteiger partial charge >= 0.3 is 0 Å². The fraction of sp³-hybridized carbons (Fsp3) is 0.513. The number of benzene rings is 2. The van der Waals surface area contributed by atoms with Crippen molar-refractivity contribution >= 4 is 11.8 Å². The lowest BCUT2D eigenvalue weighted by Crippen LogP contribution is -2.47. The van der Waals surface area contributed by atoms with Crippen LogP contribution in [-0.4, -0.2) is 102 Å². The lowest BCUT2D eigenvalue weighted by molar-refractivity contribution is -0.134. The zero-order valence-electron chi connectivity index (χ0n) is 27.9. The summed E-state index contributed by atoms with van der Waals surface area (Å²) in [6.45, 7) is 8.63. The molecular weight excluding hydrogens is 584 g/mol. The van der Waals surface area contributed by atoms with Gasteiger partial charge in [0.2, 0.25) is 11.8 Å². The van der Waals surface area contributed by atoms with Crippen molar-refractivity contribution < 1.29 is 9.59 Å². The summed E-state index contributed by atoms with van der Waals surface area (Å²) in [5.74, 6) is 1.73. The SMILES string of the molecule is O=C(CN1CCNCCN(CC(=O)N2CCC(Cc3ccccc3)CC2)Cc2cccc(n2)C1)N1CCC(Cc2ccccc2)CC1. The number of pyridine rings is 1. The Bertz CT molecular complexity index is 1300. The molecule has 3 aliphatic rings. The molecule has 0 unspecified atom stereocenters. The van der Waals surface area contributed by atoms with Crippen molar-refractivity contribution in [3.05, 3.63) is 101 Å². The molecule has 0 radical (unpaired) electrons. The predicted octanol–water partition coefficient (Wildman–Crippen LogP) is 4.25. The minimum absolute atomic E-state index is 0.222. The molecule has 2 fully saturated rings. The van der Waals surface area contributed by atoms with E-state index in [-0.39, 0.29) is 11.8 Å². The second kappa shape index (κ2) is 17.0. The molecule has 2 amide bonds. The van der Waals surface area contributed by atoms with Gasteiger partial charge in [0.25, 0.3) is 0 Å². The first-order chi connectivity index (χ1) is 23.1. The van der Waals surface area contributed by atoms with Crippen molar-refractivity contribution in [3.8, 4) is 0 Å². The summed E-state index contributed by atoms with van der Waals surface area (Å²) in [4.78, 5) is 40.4. The van der Waals surface area contributed by atoms with Gasteiger partial charge in [0.05, 0.1) is 24.5 Å². The maximum atomic E-state index is 13.4. The van der Waals surface area contributed by atoms with Crippen LogP contribution in [0.3, 0.4) is 0 Å². The highest BCUT2D eigenvalue weighted by Gasteiger charge is 2.26. The summed E-state index contributed by atoms with van der Waals surface area (Å²) in [5, 5.41) is 3.58. The van der Waals surface area contributed by atoms with Gasteiger partial charge in [-0.2, -0.15) is 0 Å². The molecule has 0 atom stereocenters. The molecule has 1 N–H and O–H groups in total. The molecule has 8 nitrogen and oxygen atoms in total. The van der Waals surface area contributed by atoms with Gasteiger partial charge in [-0.05, 0) is 73.6 Å². The van der Waals surface area contributed by atoms with Crippen LogP contribution in [0.4, 0.5) is 0 Å². The quantitative estimate of drug-likeness (QED) is 0.399. The molecule has 4 heterocycles. The Hall–Kier alpha value is -3.59. The van der Waals surface area contributed by atoms with E-state index in [1.54, 1.807) is 0 Å². The van der Waals surface area contributed by atoms with Gasteiger partial charge in [-0.3, -0.25) is 24.4 Å². The summed E-state index contributed by atoms with van der Waals surface area (Å²) < 4.78 is 0. The number of nitrogens with zero attached hydrogens (tertiary/aromatic N) is 5. The molecule has 250 valence electrons. The van der Waals surface area contributed by atoms with Crippen molar-refractivity contribution in [2.45, 2.75) is 51.6 Å². The molecule has 2 saturated heterocycles. The minimum atomic E-state index is 0.222. The number of carbonyl (C=O) groups is 2. The van der Waals surface area contributed by atoms with E-state index in [4.69, 9.17) is 4.98 Å². The molecule has 0 aliphatic carbocycles. The van der Waals surface area contributed by atoms with E-state index in [0.717, 1.165) is 102 Å². The Morgan fingerprint density at radius 1 is 0.574 bits per heavy atom. The summed E-state index contributed by atoms with van der Waals surface area (Å²) in [7, 11) is 0. The molecule has 6 rings (SSSR count). The molecule has 0 saturated carbocycles. The first-order valence-electron chi connectivity index (χ1n) is 17.8. The largest absolute Gasteiger partial charge is 0.342 e.